The molecular weight excluding hydrogens is 417 g/mol. The second-order valence-electron chi connectivity index (χ2n) is 8.01. The summed E-state index contributed by atoms with van der Waals surface area (Å²) in [5.41, 5.74) is 1.26. The van der Waals surface area contributed by atoms with Crippen molar-refractivity contribution < 1.29 is 14.3 Å². The molecule has 9 nitrogen and oxygen atoms in total. The Balaban J connectivity index is 1.80. The van der Waals surface area contributed by atoms with Crippen LogP contribution in [0.25, 0.3) is 0 Å². The normalized spacial score (nSPS) is 20.7. The van der Waals surface area contributed by atoms with E-state index in [1.54, 1.807) is 55.9 Å². The molecule has 1 saturated heterocycles. The highest BCUT2D eigenvalue weighted by atomic mass is 31.0. The first-order chi connectivity index (χ1) is 14.5. The lowest BCUT2D eigenvalue weighted by molar-refractivity contribution is -0.120. The minimum atomic E-state index is -1.14. The number of nitrogens with one attached hydrogen (secondary N) is 1. The van der Waals surface area contributed by atoms with Crippen molar-refractivity contribution in [1.29, 1.82) is 5.41 Å². The van der Waals surface area contributed by atoms with Gasteiger partial charge in [0.05, 0.1) is 19.3 Å². The minimum absolute atomic E-state index is 0.254. The second kappa shape index (κ2) is 8.34. The van der Waals surface area contributed by atoms with E-state index in [4.69, 9.17) is 10.1 Å². The number of hydroxylamine groups is 2. The van der Waals surface area contributed by atoms with Gasteiger partial charge in [-0.3, -0.25) is 9.48 Å². The Morgan fingerprint density at radius 3 is 2.48 bits per heavy atom. The maximum Gasteiger partial charge on any atom is 0.431 e. The maximum absolute atomic E-state index is 13.6. The summed E-state index contributed by atoms with van der Waals surface area (Å²) in [4.78, 5) is 24.9. The van der Waals surface area contributed by atoms with E-state index >= 15 is 0 Å². The molecule has 3 rings (SSSR count). The van der Waals surface area contributed by atoms with Crippen molar-refractivity contribution in [3.05, 3.63) is 58.3 Å². The zero-order valence-corrected chi connectivity index (χ0v) is 19.1. The van der Waals surface area contributed by atoms with Crippen LogP contribution in [-0.4, -0.2) is 38.6 Å². The summed E-state index contributed by atoms with van der Waals surface area (Å²) >= 11 is 0. The van der Waals surface area contributed by atoms with Gasteiger partial charge in [0.1, 0.15) is 11.9 Å². The molecule has 1 aliphatic heterocycles. The van der Waals surface area contributed by atoms with E-state index in [1.165, 1.54) is 11.1 Å². The van der Waals surface area contributed by atoms with E-state index in [0.29, 0.717) is 24.5 Å². The molecule has 2 unspecified atom stereocenters. The van der Waals surface area contributed by atoms with Gasteiger partial charge in [-0.15, -0.1) is 9.24 Å². The van der Waals surface area contributed by atoms with Crippen molar-refractivity contribution in [2.75, 3.05) is 0 Å². The average Bonchev–Trinajstić information content (AvgIpc) is 3.19. The summed E-state index contributed by atoms with van der Waals surface area (Å²) < 4.78 is 5.22. The van der Waals surface area contributed by atoms with E-state index in [0.717, 1.165) is 16.5 Å². The lowest BCUT2D eigenvalue weighted by Gasteiger charge is -2.63. The summed E-state index contributed by atoms with van der Waals surface area (Å²) in [6.07, 6.45) is 3.00. The van der Waals surface area contributed by atoms with Gasteiger partial charge in [0, 0.05) is 19.6 Å². The summed E-state index contributed by atoms with van der Waals surface area (Å²) in [6, 6.07) is 6.19. The van der Waals surface area contributed by atoms with Crippen molar-refractivity contribution in [2.24, 2.45) is 0 Å². The quantitative estimate of drug-likeness (QED) is 0.219. The Morgan fingerprint density at radius 2 is 1.97 bits per heavy atom. The van der Waals surface area contributed by atoms with Gasteiger partial charge >= 0.3 is 6.03 Å². The molecule has 31 heavy (non-hydrogen) atoms. The van der Waals surface area contributed by atoms with Crippen LogP contribution in [0.15, 0.2) is 47.5 Å². The number of rotatable bonds is 8. The molecule has 1 N–H and O–H groups in total. The Morgan fingerprint density at radius 1 is 1.32 bits per heavy atom. The molecule has 1 aromatic carbocycles. The molecule has 2 heterocycles. The van der Waals surface area contributed by atoms with E-state index in [2.05, 4.69) is 14.3 Å². The first kappa shape index (κ1) is 22.8. The van der Waals surface area contributed by atoms with Gasteiger partial charge in [-0.25, -0.2) is 14.3 Å². The molecule has 0 spiro atoms. The van der Waals surface area contributed by atoms with Crippen molar-refractivity contribution in [3.63, 3.8) is 0 Å². The van der Waals surface area contributed by atoms with Gasteiger partial charge in [-0.1, -0.05) is 12.1 Å². The molecule has 0 radical (unpaired) electrons. The van der Waals surface area contributed by atoms with Crippen LogP contribution in [0, 0.1) is 10.6 Å². The molecule has 1 aromatic heterocycles. The summed E-state index contributed by atoms with van der Waals surface area (Å²) in [5.74, 6) is 0.406. The summed E-state index contributed by atoms with van der Waals surface area (Å²) in [7, 11) is 2.58. The fourth-order valence-electron chi connectivity index (χ4n) is 3.67. The number of carbonyl (C=O) groups is 2. The zero-order chi connectivity index (χ0) is 23.0. The van der Waals surface area contributed by atoms with Gasteiger partial charge in [-0.05, 0) is 42.4 Å². The van der Waals surface area contributed by atoms with E-state index in [-0.39, 0.29) is 12.2 Å². The van der Waals surface area contributed by atoms with Gasteiger partial charge < -0.3 is 15.4 Å². The number of quaternary nitrogens is 1. The Kier molecular flexibility index (Phi) is 6.14. The van der Waals surface area contributed by atoms with Crippen LogP contribution in [0.3, 0.4) is 0 Å². The minimum Gasteiger partial charge on any atom is -0.616 e. The molecule has 10 heteroatoms. The third-order valence-corrected chi connectivity index (χ3v) is 5.96. The number of benzene rings is 1. The molecule has 2 atom stereocenters. The van der Waals surface area contributed by atoms with Gasteiger partial charge in [0.25, 0.3) is 6.47 Å². The van der Waals surface area contributed by atoms with Crippen LogP contribution < -0.4 is 9.38 Å². The molecule has 0 aliphatic carbocycles. The smallest absolute Gasteiger partial charge is 0.431 e. The third-order valence-electron chi connectivity index (χ3n) is 5.61. The van der Waals surface area contributed by atoms with Crippen LogP contribution in [0.1, 0.15) is 33.3 Å². The zero-order valence-electron chi connectivity index (χ0n) is 18.0. The van der Waals surface area contributed by atoms with Gasteiger partial charge in [-0.2, -0.15) is 5.10 Å². The fraction of sp³-hybridized carbons (Fsp3) is 0.333. The maximum atomic E-state index is 13.6. The number of amides is 2. The second-order valence-corrected chi connectivity index (χ2v) is 8.88. The van der Waals surface area contributed by atoms with Crippen molar-refractivity contribution >= 4 is 33.1 Å². The number of carbonyl (C=O) groups excluding carboxylic acids is 2. The highest BCUT2D eigenvalue weighted by Gasteiger charge is 2.64. The Hall–Kier alpha value is -2.87. The number of ether oxygens (including phenoxy) is 1. The van der Waals surface area contributed by atoms with E-state index < -0.39 is 16.3 Å². The van der Waals surface area contributed by atoms with Gasteiger partial charge in [0.2, 0.25) is 0 Å². The van der Waals surface area contributed by atoms with Crippen LogP contribution in [-0.2, 0) is 17.9 Å². The molecule has 2 amide bonds. The molecule has 1 fully saturated rings. The van der Waals surface area contributed by atoms with Crippen LogP contribution >= 0.6 is 9.24 Å². The highest BCUT2D eigenvalue weighted by molar-refractivity contribution is 7.22. The van der Waals surface area contributed by atoms with E-state index in [9.17, 15) is 14.8 Å². The molecule has 0 saturated carbocycles. The third kappa shape index (κ3) is 3.92. The molecule has 0 bridgehead atoms. The molecule has 164 valence electrons. The number of urea groups is 1. The number of hydrogen-bond donors (Lipinski definition) is 1. The lowest BCUT2D eigenvalue weighted by atomic mass is 10.0. The average molecular weight is 443 g/mol. The topological polar surface area (TPSA) is 111 Å². The summed E-state index contributed by atoms with van der Waals surface area (Å²) in [5, 5.41) is 26.7. The predicted molar refractivity (Wildman–Crippen MR) is 121 cm³/mol. The SMILES string of the molecule is CC(=N)/C(Cn1cc([N+]2([O-])C(=O)N(Cc3ccc(OC=O)cc3)C2(C)C)cn1)=C(/C)P. The number of allylic oxidation sites excluding steroid dienone is 2. The largest absolute Gasteiger partial charge is 0.616 e. The standard InChI is InChI=1S/C21H26N5O4P/c1-14(22)19(15(2)31)12-24-11-17(9-23-24)26(29)20(28)25(21(26,3)4)10-16-5-7-18(8-6-16)30-13-27/h5-9,11,13,22H,10,12,31H2,1-4H3/b19-15-,22-14?. The van der Waals surface area contributed by atoms with Crippen molar-refractivity contribution in [2.45, 2.75) is 46.4 Å². The molecular formula is C21H26N5O4P. The van der Waals surface area contributed by atoms with Crippen LogP contribution in [0.5, 0.6) is 5.75 Å². The number of aromatic nitrogens is 2. The Labute approximate surface area is 183 Å². The molecule has 2 aromatic rings. The van der Waals surface area contributed by atoms with Crippen LogP contribution in [0.2, 0.25) is 0 Å². The molecule has 1 aliphatic rings. The van der Waals surface area contributed by atoms with Gasteiger partial charge in [0.15, 0.2) is 11.4 Å². The monoisotopic (exact) mass is 443 g/mol. The lowest BCUT2D eigenvalue weighted by Crippen LogP contribution is -2.84. The van der Waals surface area contributed by atoms with E-state index in [1.807, 2.05) is 6.92 Å². The number of hydrogen-bond acceptors (Lipinski definition) is 6. The number of nitrogens with zero attached hydrogens (tertiary/aromatic N) is 4. The predicted octanol–water partition coefficient (Wildman–Crippen LogP) is 3.78. The first-order valence-electron chi connectivity index (χ1n) is 9.67. The van der Waals surface area contributed by atoms with Crippen molar-refractivity contribution in [3.8, 4) is 5.75 Å². The fourth-order valence-corrected chi connectivity index (χ4v) is 3.97. The summed E-state index contributed by atoms with van der Waals surface area (Å²) in [6.45, 7) is 8.00. The van der Waals surface area contributed by atoms with Crippen molar-refractivity contribution in [1.82, 2.24) is 19.3 Å². The first-order valence-corrected chi connectivity index (χ1v) is 10.3. The van der Waals surface area contributed by atoms with Crippen LogP contribution in [0.4, 0.5) is 10.5 Å². The highest BCUT2D eigenvalue weighted by Crippen LogP contribution is 2.45. The Bertz CT molecular complexity index is 1060.